The number of fused-ring (bicyclic) bond motifs is 4. The van der Waals surface area contributed by atoms with Crippen molar-refractivity contribution in [1.82, 2.24) is 0 Å². The Bertz CT molecular complexity index is 1250. The predicted octanol–water partition coefficient (Wildman–Crippen LogP) is 7.52. The number of hydrogen-bond donors (Lipinski definition) is 0. The number of ketones is 1. The highest BCUT2D eigenvalue weighted by molar-refractivity contribution is 6.11. The van der Waals surface area contributed by atoms with Gasteiger partial charge in [-0.2, -0.15) is 0 Å². The van der Waals surface area contributed by atoms with Crippen LogP contribution in [0.5, 0.6) is 0 Å². The smallest absolute Gasteiger partial charge is 0.185 e. The Morgan fingerprint density at radius 3 is 1.41 bits per heavy atom. The largest absolute Gasteiger partial charge is 0.289 e. The molecule has 4 atom stereocenters. The van der Waals surface area contributed by atoms with E-state index in [1.165, 1.54) is 33.4 Å². The number of Topliss-reactive ketones (excluding diaryl/α,β-unsaturated/α-hetero) is 1. The minimum atomic E-state index is 0.262. The summed E-state index contributed by atoms with van der Waals surface area (Å²) in [6.07, 6.45) is 17.9. The van der Waals surface area contributed by atoms with Gasteiger partial charge in [-0.3, -0.25) is 4.79 Å². The molecule has 0 radical (unpaired) electrons. The molecule has 0 spiro atoms. The standard InChI is InChI=1S/C33H28O/c34-33-27(19-29-23-11-13-25(17-23)31(29)21-7-3-1-4-8-21)15-16-28(33)20-30-24-12-14-26(18-24)32(30)22-9-5-2-6-10-22/h1-14,19-20,23-26H,15-18H2/b27-19+,28-20+. The van der Waals surface area contributed by atoms with Crippen molar-refractivity contribution in [3.05, 3.63) is 131 Å². The van der Waals surface area contributed by atoms with Crippen LogP contribution in [0.3, 0.4) is 0 Å². The Balaban J connectivity index is 1.25. The number of hydrogen-bond acceptors (Lipinski definition) is 1. The van der Waals surface area contributed by atoms with Gasteiger partial charge in [-0.15, -0.1) is 0 Å². The van der Waals surface area contributed by atoms with Crippen molar-refractivity contribution in [2.45, 2.75) is 25.7 Å². The molecule has 2 aromatic rings. The van der Waals surface area contributed by atoms with Crippen molar-refractivity contribution in [2.75, 3.05) is 0 Å². The van der Waals surface area contributed by atoms with Crippen LogP contribution in [0, 0.1) is 23.7 Å². The SMILES string of the molecule is O=C1/C(=C/C2=C(c3ccccc3)C3C=CC2C3)CC/C1=C\C1=C(c2ccccc2)C2C=CC1C2. The number of allylic oxidation sites excluding steroid dienone is 12. The lowest BCUT2D eigenvalue weighted by atomic mass is 9.89. The third-order valence-corrected chi connectivity index (χ3v) is 8.41. The van der Waals surface area contributed by atoms with Crippen molar-refractivity contribution in [1.29, 1.82) is 0 Å². The molecule has 0 amide bonds. The normalized spacial score (nSPS) is 31.4. The number of benzene rings is 2. The molecule has 2 aromatic carbocycles. The van der Waals surface area contributed by atoms with Crippen LogP contribution >= 0.6 is 0 Å². The van der Waals surface area contributed by atoms with Gasteiger partial charge < -0.3 is 0 Å². The van der Waals surface area contributed by atoms with Gasteiger partial charge in [0.1, 0.15) is 0 Å². The maximum absolute atomic E-state index is 13.6. The zero-order valence-corrected chi connectivity index (χ0v) is 19.3. The van der Waals surface area contributed by atoms with E-state index in [-0.39, 0.29) is 5.78 Å². The molecule has 0 aromatic heterocycles. The van der Waals surface area contributed by atoms with E-state index in [0.29, 0.717) is 23.7 Å². The van der Waals surface area contributed by atoms with E-state index in [2.05, 4.69) is 97.1 Å². The van der Waals surface area contributed by atoms with E-state index in [4.69, 9.17) is 0 Å². The van der Waals surface area contributed by atoms with E-state index in [0.717, 1.165) is 36.8 Å². The van der Waals surface area contributed by atoms with Crippen LogP contribution in [-0.4, -0.2) is 5.78 Å². The van der Waals surface area contributed by atoms with Gasteiger partial charge in [0.25, 0.3) is 0 Å². The Labute approximate surface area is 201 Å². The Morgan fingerprint density at radius 2 is 0.971 bits per heavy atom. The molecule has 7 rings (SSSR count). The summed E-state index contributed by atoms with van der Waals surface area (Å²) in [5.41, 5.74) is 10.2. The van der Waals surface area contributed by atoms with Gasteiger partial charge in [0.2, 0.25) is 0 Å². The minimum Gasteiger partial charge on any atom is -0.289 e. The van der Waals surface area contributed by atoms with E-state index in [1.807, 2.05) is 0 Å². The van der Waals surface area contributed by atoms with Crippen LogP contribution in [0.4, 0.5) is 0 Å². The molecule has 0 heterocycles. The van der Waals surface area contributed by atoms with Crippen molar-refractivity contribution in [2.24, 2.45) is 23.7 Å². The maximum Gasteiger partial charge on any atom is 0.185 e. The lowest BCUT2D eigenvalue weighted by molar-refractivity contribution is -0.111. The molecule has 1 heteroatoms. The lowest BCUT2D eigenvalue weighted by Crippen LogP contribution is -2.02. The molecule has 166 valence electrons. The summed E-state index contributed by atoms with van der Waals surface area (Å²) in [6, 6.07) is 21.5. The quantitative estimate of drug-likeness (QED) is 0.355. The molecule has 0 saturated heterocycles. The van der Waals surface area contributed by atoms with Crippen LogP contribution in [0.2, 0.25) is 0 Å². The van der Waals surface area contributed by atoms with Crippen LogP contribution in [0.25, 0.3) is 11.1 Å². The molecular weight excluding hydrogens is 412 g/mol. The second-order valence-corrected chi connectivity index (χ2v) is 10.3. The van der Waals surface area contributed by atoms with Crippen molar-refractivity contribution in [3.8, 4) is 0 Å². The average molecular weight is 441 g/mol. The molecule has 5 aliphatic carbocycles. The van der Waals surface area contributed by atoms with Crippen molar-refractivity contribution in [3.63, 3.8) is 0 Å². The fraction of sp³-hybridized carbons (Fsp3) is 0.242. The van der Waals surface area contributed by atoms with Crippen molar-refractivity contribution >= 4 is 16.9 Å². The fourth-order valence-corrected chi connectivity index (χ4v) is 6.83. The van der Waals surface area contributed by atoms with Gasteiger partial charge in [-0.05, 0) is 59.1 Å². The Morgan fingerprint density at radius 1 is 0.559 bits per heavy atom. The minimum absolute atomic E-state index is 0.262. The van der Waals surface area contributed by atoms with Crippen LogP contribution in [-0.2, 0) is 4.79 Å². The lowest BCUT2D eigenvalue weighted by Gasteiger charge is -2.15. The van der Waals surface area contributed by atoms with Crippen LogP contribution < -0.4 is 0 Å². The molecule has 4 bridgehead atoms. The highest BCUT2D eigenvalue weighted by atomic mass is 16.1. The van der Waals surface area contributed by atoms with Crippen LogP contribution in [0.15, 0.2) is 119 Å². The zero-order valence-electron chi connectivity index (χ0n) is 19.3. The summed E-state index contributed by atoms with van der Waals surface area (Å²) in [5, 5.41) is 0. The number of carbonyl (C=O) groups excluding carboxylic acids is 1. The average Bonchev–Trinajstić information content (AvgIpc) is 3.70. The molecule has 5 aliphatic rings. The molecule has 34 heavy (non-hydrogen) atoms. The second-order valence-electron chi connectivity index (χ2n) is 10.3. The van der Waals surface area contributed by atoms with Gasteiger partial charge in [-0.25, -0.2) is 0 Å². The first-order valence-corrected chi connectivity index (χ1v) is 12.7. The monoisotopic (exact) mass is 440 g/mol. The summed E-state index contributed by atoms with van der Waals surface area (Å²) >= 11 is 0. The molecule has 0 aliphatic heterocycles. The summed E-state index contributed by atoms with van der Waals surface area (Å²) < 4.78 is 0. The van der Waals surface area contributed by atoms with Crippen LogP contribution in [0.1, 0.15) is 36.8 Å². The predicted molar refractivity (Wildman–Crippen MR) is 139 cm³/mol. The highest BCUT2D eigenvalue weighted by Crippen LogP contribution is 2.51. The number of carbonyl (C=O) groups is 1. The first kappa shape index (κ1) is 20.0. The summed E-state index contributed by atoms with van der Waals surface area (Å²) in [4.78, 5) is 13.6. The molecular formula is C33H28O. The molecule has 1 nitrogen and oxygen atoms in total. The van der Waals surface area contributed by atoms with E-state index in [9.17, 15) is 4.79 Å². The third-order valence-electron chi connectivity index (χ3n) is 8.41. The second kappa shape index (κ2) is 7.81. The molecule has 1 saturated carbocycles. The fourth-order valence-electron chi connectivity index (χ4n) is 6.83. The van der Waals surface area contributed by atoms with Gasteiger partial charge in [0, 0.05) is 34.8 Å². The summed E-state index contributed by atoms with van der Waals surface area (Å²) in [6.45, 7) is 0. The molecule has 1 fully saturated rings. The van der Waals surface area contributed by atoms with Crippen molar-refractivity contribution < 1.29 is 4.79 Å². The Kier molecular flexibility index (Phi) is 4.58. The Hall–Kier alpha value is -3.45. The third kappa shape index (κ3) is 3.10. The van der Waals surface area contributed by atoms with E-state index >= 15 is 0 Å². The van der Waals surface area contributed by atoms with Gasteiger partial charge in [0.05, 0.1) is 0 Å². The summed E-state index contributed by atoms with van der Waals surface area (Å²) in [5.74, 6) is 2.15. The van der Waals surface area contributed by atoms with E-state index in [1.54, 1.807) is 0 Å². The first-order chi connectivity index (χ1) is 16.8. The first-order valence-electron chi connectivity index (χ1n) is 12.7. The van der Waals surface area contributed by atoms with E-state index < -0.39 is 0 Å². The molecule has 0 N–H and O–H groups in total. The van der Waals surface area contributed by atoms with Gasteiger partial charge in [0.15, 0.2) is 5.78 Å². The summed E-state index contributed by atoms with van der Waals surface area (Å²) in [7, 11) is 0. The van der Waals surface area contributed by atoms with Gasteiger partial charge in [-0.1, -0.05) is 97.1 Å². The highest BCUT2D eigenvalue weighted by Gasteiger charge is 2.37. The van der Waals surface area contributed by atoms with Gasteiger partial charge >= 0.3 is 0 Å². The topological polar surface area (TPSA) is 17.1 Å². The maximum atomic E-state index is 13.6. The zero-order chi connectivity index (χ0) is 22.6. The molecule has 4 unspecified atom stereocenters. The number of rotatable bonds is 4.